The standard InChI is InChI=1S/C15H29O2/c1-14(2)12-10-8-6-4-3-5-7-9-11-13-15(16)17/h14H,3-13H2,1-2H3. The fraction of sp³-hybridized carbons (Fsp3) is 0.933. The lowest BCUT2D eigenvalue weighted by Gasteiger charge is -2.04. The van der Waals surface area contributed by atoms with Crippen LogP contribution < -0.4 is 0 Å². The lowest BCUT2D eigenvalue weighted by molar-refractivity contribution is -0.143. The summed E-state index contributed by atoms with van der Waals surface area (Å²) in [7, 11) is 0. The van der Waals surface area contributed by atoms with E-state index in [9.17, 15) is 9.90 Å². The minimum absolute atomic E-state index is 0.231. The molecule has 0 saturated heterocycles. The number of hydrogen-bond donors (Lipinski definition) is 0. The van der Waals surface area contributed by atoms with E-state index in [-0.39, 0.29) is 6.42 Å². The zero-order chi connectivity index (χ0) is 12.9. The van der Waals surface area contributed by atoms with E-state index in [4.69, 9.17) is 0 Å². The predicted molar refractivity (Wildman–Crippen MR) is 71.3 cm³/mol. The molecule has 0 spiro atoms. The van der Waals surface area contributed by atoms with Crippen LogP contribution in [0.1, 0.15) is 84.5 Å². The van der Waals surface area contributed by atoms with Gasteiger partial charge >= 0.3 is 5.97 Å². The summed E-state index contributed by atoms with van der Waals surface area (Å²) in [6.45, 7) is 4.57. The second kappa shape index (κ2) is 11.9. The third-order valence-corrected chi connectivity index (χ3v) is 3.16. The summed E-state index contributed by atoms with van der Waals surface area (Å²) in [4.78, 5) is 10.2. The fourth-order valence-corrected chi connectivity index (χ4v) is 2.06. The first-order valence-corrected chi connectivity index (χ1v) is 7.32. The second-order valence-corrected chi connectivity index (χ2v) is 5.49. The molecule has 0 aliphatic heterocycles. The molecule has 0 atom stereocenters. The first kappa shape index (κ1) is 16.5. The Kier molecular flexibility index (Phi) is 11.6. The average molecular weight is 241 g/mol. The smallest absolute Gasteiger partial charge is 0.247 e. The molecular formula is C15H29O2. The van der Waals surface area contributed by atoms with E-state index in [1.165, 1.54) is 51.4 Å². The molecule has 17 heavy (non-hydrogen) atoms. The molecule has 0 unspecified atom stereocenters. The molecule has 0 aromatic carbocycles. The van der Waals surface area contributed by atoms with Gasteiger partial charge in [-0.2, -0.15) is 0 Å². The Balaban J connectivity index is 2.96. The molecule has 1 radical (unpaired) electrons. The van der Waals surface area contributed by atoms with Crippen LogP contribution in [0.5, 0.6) is 0 Å². The van der Waals surface area contributed by atoms with Crippen molar-refractivity contribution in [3.8, 4) is 0 Å². The maximum Gasteiger partial charge on any atom is 0.355 e. The number of unbranched alkanes of at least 4 members (excludes halogenated alkanes) is 8. The number of rotatable bonds is 12. The number of hydrogen-bond acceptors (Lipinski definition) is 1. The number of carbonyl (C=O) groups is 1. The maximum atomic E-state index is 10.2. The van der Waals surface area contributed by atoms with Crippen LogP contribution in [-0.4, -0.2) is 5.97 Å². The van der Waals surface area contributed by atoms with Gasteiger partial charge in [-0.25, -0.2) is 9.90 Å². The van der Waals surface area contributed by atoms with Crippen molar-refractivity contribution in [2.24, 2.45) is 5.92 Å². The molecule has 2 nitrogen and oxygen atoms in total. The minimum Gasteiger partial charge on any atom is -0.247 e. The van der Waals surface area contributed by atoms with Crippen molar-refractivity contribution in [1.82, 2.24) is 0 Å². The van der Waals surface area contributed by atoms with E-state index in [1.54, 1.807) is 0 Å². The van der Waals surface area contributed by atoms with Gasteiger partial charge in [-0.05, 0) is 12.3 Å². The van der Waals surface area contributed by atoms with Crippen molar-refractivity contribution in [1.29, 1.82) is 0 Å². The zero-order valence-corrected chi connectivity index (χ0v) is 11.7. The van der Waals surface area contributed by atoms with E-state index in [2.05, 4.69) is 13.8 Å². The lowest BCUT2D eigenvalue weighted by Crippen LogP contribution is -1.91. The van der Waals surface area contributed by atoms with Gasteiger partial charge in [-0.15, -0.1) is 0 Å². The van der Waals surface area contributed by atoms with Crippen molar-refractivity contribution in [3.63, 3.8) is 0 Å². The van der Waals surface area contributed by atoms with E-state index in [0.29, 0.717) is 0 Å². The van der Waals surface area contributed by atoms with E-state index >= 15 is 0 Å². The topological polar surface area (TPSA) is 37.0 Å². The highest BCUT2D eigenvalue weighted by molar-refractivity contribution is 5.66. The van der Waals surface area contributed by atoms with Gasteiger partial charge in [0.05, 0.1) is 6.42 Å². The Morgan fingerprint density at radius 1 is 0.765 bits per heavy atom. The van der Waals surface area contributed by atoms with Gasteiger partial charge in [-0.1, -0.05) is 71.6 Å². The van der Waals surface area contributed by atoms with Crippen molar-refractivity contribution < 1.29 is 9.90 Å². The highest BCUT2D eigenvalue weighted by atomic mass is 16.4. The normalized spacial score (nSPS) is 11.0. The van der Waals surface area contributed by atoms with Gasteiger partial charge in [0.2, 0.25) is 0 Å². The largest absolute Gasteiger partial charge is 0.355 e. The molecule has 0 rings (SSSR count). The van der Waals surface area contributed by atoms with Crippen LogP contribution in [0, 0.1) is 5.92 Å². The molecule has 0 saturated carbocycles. The summed E-state index contributed by atoms with van der Waals surface area (Å²) in [6, 6.07) is 0. The van der Waals surface area contributed by atoms with Gasteiger partial charge in [0.15, 0.2) is 0 Å². The summed E-state index contributed by atoms with van der Waals surface area (Å²) in [5, 5.41) is 10.2. The lowest BCUT2D eigenvalue weighted by atomic mass is 10.0. The molecule has 0 amide bonds. The average Bonchev–Trinajstić information content (AvgIpc) is 2.25. The molecule has 0 aromatic heterocycles. The van der Waals surface area contributed by atoms with Crippen LogP contribution >= 0.6 is 0 Å². The molecule has 0 bridgehead atoms. The molecule has 0 N–H and O–H groups in total. The summed E-state index contributed by atoms with van der Waals surface area (Å²) in [6.07, 6.45) is 12.6. The summed E-state index contributed by atoms with van der Waals surface area (Å²) >= 11 is 0. The monoisotopic (exact) mass is 241 g/mol. The first-order valence-electron chi connectivity index (χ1n) is 7.32. The van der Waals surface area contributed by atoms with Crippen LogP contribution in [0.25, 0.3) is 0 Å². The van der Waals surface area contributed by atoms with Gasteiger partial charge in [-0.3, -0.25) is 0 Å². The Labute approximate surface area is 107 Å². The SMILES string of the molecule is CC(C)CCCCCCCCCCCC([O])=O. The molecule has 2 heteroatoms. The zero-order valence-electron chi connectivity index (χ0n) is 11.7. The van der Waals surface area contributed by atoms with Crippen LogP contribution in [0.3, 0.4) is 0 Å². The quantitative estimate of drug-likeness (QED) is 0.448. The molecule has 0 fully saturated rings. The Bertz CT molecular complexity index is 176. The highest BCUT2D eigenvalue weighted by Crippen LogP contribution is 2.13. The third-order valence-electron chi connectivity index (χ3n) is 3.16. The molecule has 0 heterocycles. The molecule has 0 aliphatic carbocycles. The van der Waals surface area contributed by atoms with Crippen molar-refractivity contribution in [2.75, 3.05) is 0 Å². The predicted octanol–water partition coefficient (Wildman–Crippen LogP) is 4.89. The first-order chi connectivity index (χ1) is 8.13. The molecule has 0 aromatic rings. The summed E-state index contributed by atoms with van der Waals surface area (Å²) in [5.41, 5.74) is 0. The summed E-state index contributed by atoms with van der Waals surface area (Å²) < 4.78 is 0. The number of carbonyl (C=O) groups excluding carboxylic acids is 1. The van der Waals surface area contributed by atoms with Gasteiger partial charge in [0, 0.05) is 0 Å². The highest BCUT2D eigenvalue weighted by Gasteiger charge is 1.98. The van der Waals surface area contributed by atoms with Crippen LogP contribution in [0.2, 0.25) is 0 Å². The van der Waals surface area contributed by atoms with Gasteiger partial charge in [0.25, 0.3) is 0 Å². The minimum atomic E-state index is -0.907. The Morgan fingerprint density at radius 2 is 1.18 bits per heavy atom. The Morgan fingerprint density at radius 3 is 1.59 bits per heavy atom. The molecule has 101 valence electrons. The fourth-order valence-electron chi connectivity index (χ4n) is 2.06. The van der Waals surface area contributed by atoms with Crippen molar-refractivity contribution >= 4 is 5.97 Å². The molecular weight excluding hydrogens is 212 g/mol. The third kappa shape index (κ3) is 15.5. The van der Waals surface area contributed by atoms with E-state index in [0.717, 1.165) is 18.8 Å². The van der Waals surface area contributed by atoms with Crippen molar-refractivity contribution in [3.05, 3.63) is 0 Å². The van der Waals surface area contributed by atoms with E-state index < -0.39 is 5.97 Å². The van der Waals surface area contributed by atoms with Crippen LogP contribution in [0.4, 0.5) is 0 Å². The summed E-state index contributed by atoms with van der Waals surface area (Å²) in [5.74, 6) is -0.0612. The maximum absolute atomic E-state index is 10.2. The van der Waals surface area contributed by atoms with Crippen molar-refractivity contribution in [2.45, 2.75) is 84.5 Å². The van der Waals surface area contributed by atoms with E-state index in [1.807, 2.05) is 0 Å². The molecule has 0 aliphatic rings. The second-order valence-electron chi connectivity index (χ2n) is 5.49. The van der Waals surface area contributed by atoms with Gasteiger partial charge in [0.1, 0.15) is 0 Å². The van der Waals surface area contributed by atoms with Crippen LogP contribution in [0.15, 0.2) is 0 Å². The Hall–Kier alpha value is -0.530. The van der Waals surface area contributed by atoms with Crippen LogP contribution in [-0.2, 0) is 9.90 Å². The van der Waals surface area contributed by atoms with Gasteiger partial charge < -0.3 is 0 Å².